The van der Waals surface area contributed by atoms with Crippen LogP contribution < -0.4 is 5.32 Å². The number of carbonyl (C=O) groups is 1. The second kappa shape index (κ2) is 8.30. The quantitative estimate of drug-likeness (QED) is 0.725. The number of amides is 2. The van der Waals surface area contributed by atoms with E-state index in [4.69, 9.17) is 0 Å². The minimum atomic E-state index is 0.0407. The van der Waals surface area contributed by atoms with Gasteiger partial charge in [-0.3, -0.25) is 0 Å². The number of rotatable bonds is 5. The highest BCUT2D eigenvalue weighted by atomic mass is 16.2. The van der Waals surface area contributed by atoms with Crippen LogP contribution in [0.3, 0.4) is 0 Å². The zero-order valence-corrected chi connectivity index (χ0v) is 16.2. The highest BCUT2D eigenvalue weighted by molar-refractivity contribution is 5.75. The predicted molar refractivity (Wildman–Crippen MR) is 111 cm³/mol. The number of nitrogens with zero attached hydrogens (tertiary/aromatic N) is 3. The van der Waals surface area contributed by atoms with Gasteiger partial charge in [0.1, 0.15) is 0 Å². The molecule has 1 unspecified atom stereocenters. The van der Waals surface area contributed by atoms with Gasteiger partial charge in [0.25, 0.3) is 0 Å². The Bertz CT molecular complexity index is 918. The molecule has 4 rings (SSSR count). The van der Waals surface area contributed by atoms with Gasteiger partial charge in [0, 0.05) is 25.5 Å². The van der Waals surface area contributed by atoms with Gasteiger partial charge in [0.05, 0.1) is 11.7 Å². The summed E-state index contributed by atoms with van der Waals surface area (Å²) in [6.07, 6.45) is 6.60. The van der Waals surface area contributed by atoms with Gasteiger partial charge in [-0.25, -0.2) is 9.48 Å². The molecule has 1 saturated heterocycles. The van der Waals surface area contributed by atoms with Crippen LogP contribution >= 0.6 is 0 Å². The van der Waals surface area contributed by atoms with E-state index in [1.54, 1.807) is 6.20 Å². The van der Waals surface area contributed by atoms with Crippen LogP contribution in [0.4, 0.5) is 4.79 Å². The molecule has 2 heterocycles. The molecule has 5 heteroatoms. The molecular formula is C23H26N4O. The molecule has 1 fully saturated rings. The van der Waals surface area contributed by atoms with Crippen molar-refractivity contribution >= 4 is 6.03 Å². The van der Waals surface area contributed by atoms with E-state index in [9.17, 15) is 4.79 Å². The van der Waals surface area contributed by atoms with Crippen molar-refractivity contribution in [2.75, 3.05) is 13.1 Å². The smallest absolute Gasteiger partial charge is 0.317 e. The van der Waals surface area contributed by atoms with Crippen LogP contribution in [-0.2, 0) is 6.42 Å². The predicted octanol–water partition coefficient (Wildman–Crippen LogP) is 4.27. The van der Waals surface area contributed by atoms with E-state index in [0.29, 0.717) is 6.54 Å². The molecular weight excluding hydrogens is 348 g/mol. The topological polar surface area (TPSA) is 50.2 Å². The van der Waals surface area contributed by atoms with Gasteiger partial charge in [-0.15, -0.1) is 0 Å². The highest BCUT2D eigenvalue weighted by Crippen LogP contribution is 2.33. The van der Waals surface area contributed by atoms with Gasteiger partial charge in [-0.05, 0) is 61.1 Å². The Labute approximate surface area is 166 Å². The maximum absolute atomic E-state index is 12.7. The van der Waals surface area contributed by atoms with E-state index in [2.05, 4.69) is 65.9 Å². The molecule has 1 aliphatic heterocycles. The Balaban J connectivity index is 1.32. The van der Waals surface area contributed by atoms with E-state index in [-0.39, 0.29) is 12.1 Å². The molecule has 1 atom stereocenters. The molecule has 0 radical (unpaired) electrons. The Morgan fingerprint density at radius 1 is 1.14 bits per heavy atom. The first kappa shape index (κ1) is 18.3. The standard InChI is InChI=1S/C23H26N4O/c1-18-6-2-3-7-21(18)22-8-4-16-26(22)23(28)24-15-13-19-9-11-20(12-10-19)27-17-5-14-25-27/h2-3,5-7,9-12,14,17,22H,4,8,13,15-16H2,1H3,(H,24,28). The van der Waals surface area contributed by atoms with Gasteiger partial charge < -0.3 is 10.2 Å². The number of urea groups is 1. The zero-order chi connectivity index (χ0) is 19.3. The van der Waals surface area contributed by atoms with Gasteiger partial charge in [-0.1, -0.05) is 36.4 Å². The lowest BCUT2D eigenvalue weighted by atomic mass is 9.99. The minimum absolute atomic E-state index is 0.0407. The van der Waals surface area contributed by atoms with Crippen LogP contribution in [0.15, 0.2) is 67.0 Å². The normalized spacial score (nSPS) is 16.3. The van der Waals surface area contributed by atoms with Gasteiger partial charge in [0.15, 0.2) is 0 Å². The fourth-order valence-corrected chi connectivity index (χ4v) is 3.95. The number of hydrogen-bond donors (Lipinski definition) is 1. The van der Waals surface area contributed by atoms with E-state index in [0.717, 1.165) is 31.5 Å². The molecule has 144 valence electrons. The summed E-state index contributed by atoms with van der Waals surface area (Å²) in [4.78, 5) is 14.7. The zero-order valence-electron chi connectivity index (χ0n) is 16.2. The maximum atomic E-state index is 12.7. The first-order valence-electron chi connectivity index (χ1n) is 9.91. The van der Waals surface area contributed by atoms with E-state index < -0.39 is 0 Å². The Morgan fingerprint density at radius 2 is 1.96 bits per heavy atom. The molecule has 1 N–H and O–H groups in total. The van der Waals surface area contributed by atoms with Crippen LogP contribution in [0.5, 0.6) is 0 Å². The summed E-state index contributed by atoms with van der Waals surface area (Å²) in [6, 6.07) is 18.8. The van der Waals surface area contributed by atoms with E-state index in [1.165, 1.54) is 16.7 Å². The van der Waals surface area contributed by atoms with Crippen LogP contribution in [0.1, 0.15) is 35.6 Å². The van der Waals surface area contributed by atoms with E-state index >= 15 is 0 Å². The molecule has 0 bridgehead atoms. The monoisotopic (exact) mass is 374 g/mol. The number of hydrogen-bond acceptors (Lipinski definition) is 2. The summed E-state index contributed by atoms with van der Waals surface area (Å²) >= 11 is 0. The number of aromatic nitrogens is 2. The van der Waals surface area contributed by atoms with Crippen LogP contribution in [0.2, 0.25) is 0 Å². The number of benzene rings is 2. The molecule has 5 nitrogen and oxygen atoms in total. The summed E-state index contributed by atoms with van der Waals surface area (Å²) < 4.78 is 1.84. The molecule has 1 aromatic heterocycles. The highest BCUT2D eigenvalue weighted by Gasteiger charge is 2.30. The van der Waals surface area contributed by atoms with Gasteiger partial charge >= 0.3 is 6.03 Å². The van der Waals surface area contributed by atoms with Crippen LogP contribution in [-0.4, -0.2) is 33.8 Å². The van der Waals surface area contributed by atoms with E-state index in [1.807, 2.05) is 21.8 Å². The lowest BCUT2D eigenvalue weighted by molar-refractivity contribution is 0.193. The molecule has 3 aromatic rings. The summed E-state index contributed by atoms with van der Waals surface area (Å²) in [7, 11) is 0. The average molecular weight is 374 g/mol. The summed E-state index contributed by atoms with van der Waals surface area (Å²) in [5.41, 5.74) is 4.76. The largest absolute Gasteiger partial charge is 0.338 e. The third-order valence-corrected chi connectivity index (χ3v) is 5.46. The molecule has 0 spiro atoms. The maximum Gasteiger partial charge on any atom is 0.317 e. The van der Waals surface area contributed by atoms with Gasteiger partial charge in [-0.2, -0.15) is 5.10 Å². The minimum Gasteiger partial charge on any atom is -0.338 e. The second-order valence-electron chi connectivity index (χ2n) is 7.31. The third-order valence-electron chi connectivity index (χ3n) is 5.46. The molecule has 28 heavy (non-hydrogen) atoms. The summed E-state index contributed by atoms with van der Waals surface area (Å²) in [5.74, 6) is 0. The fourth-order valence-electron chi connectivity index (χ4n) is 3.95. The van der Waals surface area contributed by atoms with Crippen molar-refractivity contribution in [2.24, 2.45) is 0 Å². The lowest BCUT2D eigenvalue weighted by Crippen LogP contribution is -2.40. The number of nitrogens with one attached hydrogen (secondary N) is 1. The van der Waals surface area contributed by atoms with Crippen LogP contribution in [0.25, 0.3) is 5.69 Å². The van der Waals surface area contributed by atoms with Crippen LogP contribution in [0, 0.1) is 6.92 Å². The van der Waals surface area contributed by atoms with Crippen molar-refractivity contribution in [3.8, 4) is 5.69 Å². The Morgan fingerprint density at radius 3 is 2.71 bits per heavy atom. The average Bonchev–Trinajstić information content (AvgIpc) is 3.41. The molecule has 0 saturated carbocycles. The van der Waals surface area contributed by atoms with Crippen molar-refractivity contribution in [3.05, 3.63) is 83.7 Å². The number of carbonyl (C=O) groups excluding carboxylic acids is 1. The summed E-state index contributed by atoms with van der Waals surface area (Å²) in [6.45, 7) is 3.58. The first-order valence-corrected chi connectivity index (χ1v) is 9.91. The van der Waals surface area contributed by atoms with Gasteiger partial charge in [0.2, 0.25) is 0 Å². The van der Waals surface area contributed by atoms with Crippen molar-refractivity contribution in [1.29, 1.82) is 0 Å². The fraction of sp³-hybridized carbons (Fsp3) is 0.304. The second-order valence-corrected chi connectivity index (χ2v) is 7.31. The van der Waals surface area contributed by atoms with Crippen molar-refractivity contribution < 1.29 is 4.79 Å². The Hall–Kier alpha value is -3.08. The van der Waals surface area contributed by atoms with Crippen molar-refractivity contribution in [3.63, 3.8) is 0 Å². The molecule has 2 amide bonds. The summed E-state index contributed by atoms with van der Waals surface area (Å²) in [5, 5.41) is 7.34. The lowest BCUT2D eigenvalue weighted by Gasteiger charge is -2.26. The third kappa shape index (κ3) is 3.93. The first-order chi connectivity index (χ1) is 13.7. The molecule has 1 aliphatic rings. The van der Waals surface area contributed by atoms with Crippen molar-refractivity contribution in [1.82, 2.24) is 20.0 Å². The Kier molecular flexibility index (Phi) is 5.42. The SMILES string of the molecule is Cc1ccccc1C1CCCN1C(=O)NCCc1ccc(-n2cccn2)cc1. The number of aryl methyl sites for hydroxylation is 1. The number of likely N-dealkylation sites (tertiary alicyclic amines) is 1. The van der Waals surface area contributed by atoms with Crippen molar-refractivity contribution in [2.45, 2.75) is 32.2 Å². The molecule has 0 aliphatic carbocycles. The molecule has 2 aromatic carbocycles.